The summed E-state index contributed by atoms with van der Waals surface area (Å²) in [6.45, 7) is 6.58. The number of aliphatic hydroxyl groups excluding tert-OH is 1. The molecule has 2 aliphatic rings. The minimum absolute atomic E-state index is 0.214. The minimum Gasteiger partial charge on any atom is -0.486 e. The molecular formula is C17H25NO3. The van der Waals surface area contributed by atoms with Crippen LogP contribution in [-0.4, -0.2) is 42.9 Å². The van der Waals surface area contributed by atoms with Crippen LogP contribution in [0, 0.1) is 5.92 Å². The van der Waals surface area contributed by atoms with Gasteiger partial charge >= 0.3 is 0 Å². The second-order valence-corrected chi connectivity index (χ2v) is 6.19. The van der Waals surface area contributed by atoms with E-state index in [0.29, 0.717) is 13.2 Å². The lowest BCUT2D eigenvalue weighted by molar-refractivity contribution is 0.0813. The van der Waals surface area contributed by atoms with E-state index in [-0.39, 0.29) is 5.92 Å². The Labute approximate surface area is 126 Å². The summed E-state index contributed by atoms with van der Waals surface area (Å²) in [5.74, 6) is 1.74. The summed E-state index contributed by atoms with van der Waals surface area (Å²) < 4.78 is 11.1. The molecule has 2 heterocycles. The number of aliphatic hydroxyl groups is 1. The molecule has 0 radical (unpaired) electrons. The minimum atomic E-state index is -0.456. The molecule has 21 heavy (non-hydrogen) atoms. The van der Waals surface area contributed by atoms with Crippen molar-refractivity contribution in [2.75, 3.05) is 32.8 Å². The standard InChI is InChI=1S/C17H25NO3/c1-13(12-18-7-3-2-4-8-18)17(19)14-5-6-15-16(11-14)21-10-9-20-15/h5-6,11,13,17,19H,2-4,7-10,12H2,1H3/t13-,17+/m1/s1. The highest BCUT2D eigenvalue weighted by Gasteiger charge is 2.22. The highest BCUT2D eigenvalue weighted by molar-refractivity contribution is 5.44. The number of hydrogen-bond acceptors (Lipinski definition) is 4. The van der Waals surface area contributed by atoms with E-state index in [1.807, 2.05) is 18.2 Å². The Morgan fingerprint density at radius 3 is 2.57 bits per heavy atom. The van der Waals surface area contributed by atoms with Crippen LogP contribution in [0.4, 0.5) is 0 Å². The van der Waals surface area contributed by atoms with E-state index >= 15 is 0 Å². The Morgan fingerprint density at radius 1 is 1.10 bits per heavy atom. The number of likely N-dealkylation sites (tertiary alicyclic amines) is 1. The van der Waals surface area contributed by atoms with Crippen LogP contribution in [0.3, 0.4) is 0 Å². The van der Waals surface area contributed by atoms with E-state index < -0.39 is 6.10 Å². The molecule has 2 atom stereocenters. The van der Waals surface area contributed by atoms with E-state index in [1.54, 1.807) is 0 Å². The molecule has 4 nitrogen and oxygen atoms in total. The summed E-state index contributed by atoms with van der Waals surface area (Å²) >= 11 is 0. The highest BCUT2D eigenvalue weighted by Crippen LogP contribution is 2.34. The fraction of sp³-hybridized carbons (Fsp3) is 0.647. The monoisotopic (exact) mass is 291 g/mol. The Bertz CT molecular complexity index is 471. The number of benzene rings is 1. The van der Waals surface area contributed by atoms with Crippen LogP contribution in [0.5, 0.6) is 11.5 Å². The number of ether oxygens (including phenoxy) is 2. The van der Waals surface area contributed by atoms with Crippen LogP contribution in [0.2, 0.25) is 0 Å². The molecule has 0 bridgehead atoms. The van der Waals surface area contributed by atoms with Gasteiger partial charge in [-0.25, -0.2) is 0 Å². The van der Waals surface area contributed by atoms with Gasteiger partial charge in [0.25, 0.3) is 0 Å². The third kappa shape index (κ3) is 3.50. The van der Waals surface area contributed by atoms with Gasteiger partial charge in [-0.1, -0.05) is 19.4 Å². The molecule has 1 fully saturated rings. The third-order valence-electron chi connectivity index (χ3n) is 4.44. The maximum absolute atomic E-state index is 10.6. The van der Waals surface area contributed by atoms with Crippen molar-refractivity contribution < 1.29 is 14.6 Å². The lowest BCUT2D eigenvalue weighted by Crippen LogP contribution is -2.35. The van der Waals surface area contributed by atoms with Crippen molar-refractivity contribution in [1.29, 1.82) is 0 Å². The zero-order valence-electron chi connectivity index (χ0n) is 12.8. The zero-order chi connectivity index (χ0) is 14.7. The van der Waals surface area contributed by atoms with Crippen LogP contribution >= 0.6 is 0 Å². The SMILES string of the molecule is C[C@H](CN1CCCCC1)[C@H](O)c1ccc2c(c1)OCCO2. The molecule has 0 aliphatic carbocycles. The van der Waals surface area contributed by atoms with Gasteiger partial charge in [-0.3, -0.25) is 0 Å². The van der Waals surface area contributed by atoms with Crippen LogP contribution in [0.15, 0.2) is 18.2 Å². The number of rotatable bonds is 4. The van der Waals surface area contributed by atoms with E-state index in [1.165, 1.54) is 19.3 Å². The van der Waals surface area contributed by atoms with Crippen molar-refractivity contribution >= 4 is 0 Å². The van der Waals surface area contributed by atoms with Gasteiger partial charge in [0.15, 0.2) is 11.5 Å². The first-order chi connectivity index (χ1) is 10.2. The van der Waals surface area contributed by atoms with Crippen LogP contribution < -0.4 is 9.47 Å². The van der Waals surface area contributed by atoms with Crippen LogP contribution in [0.1, 0.15) is 37.9 Å². The molecule has 0 amide bonds. The molecule has 0 unspecified atom stereocenters. The Hall–Kier alpha value is -1.26. The fourth-order valence-corrected chi connectivity index (χ4v) is 3.22. The molecule has 1 saturated heterocycles. The van der Waals surface area contributed by atoms with Crippen molar-refractivity contribution in [2.45, 2.75) is 32.3 Å². The van der Waals surface area contributed by atoms with E-state index in [4.69, 9.17) is 9.47 Å². The number of piperidine rings is 1. The van der Waals surface area contributed by atoms with E-state index in [9.17, 15) is 5.11 Å². The predicted molar refractivity (Wildman–Crippen MR) is 81.8 cm³/mol. The van der Waals surface area contributed by atoms with Crippen molar-refractivity contribution in [2.24, 2.45) is 5.92 Å². The normalized spacial score (nSPS) is 21.8. The molecule has 4 heteroatoms. The summed E-state index contributed by atoms with van der Waals surface area (Å²) in [6.07, 6.45) is 3.46. The number of hydrogen-bond donors (Lipinski definition) is 1. The second kappa shape index (κ2) is 6.67. The van der Waals surface area contributed by atoms with Gasteiger partial charge < -0.3 is 19.5 Å². The molecule has 1 aromatic rings. The largest absolute Gasteiger partial charge is 0.486 e. The lowest BCUT2D eigenvalue weighted by Gasteiger charge is -2.31. The predicted octanol–water partition coefficient (Wildman–Crippen LogP) is 2.61. The topological polar surface area (TPSA) is 41.9 Å². The molecule has 1 aromatic carbocycles. The van der Waals surface area contributed by atoms with Gasteiger partial charge in [-0.05, 0) is 49.5 Å². The molecule has 0 saturated carbocycles. The van der Waals surface area contributed by atoms with Crippen molar-refractivity contribution in [3.8, 4) is 11.5 Å². The Kier molecular flexibility index (Phi) is 4.66. The zero-order valence-corrected chi connectivity index (χ0v) is 12.8. The van der Waals surface area contributed by atoms with Gasteiger partial charge in [0.1, 0.15) is 13.2 Å². The van der Waals surface area contributed by atoms with Crippen molar-refractivity contribution in [1.82, 2.24) is 4.90 Å². The average Bonchev–Trinajstić information content (AvgIpc) is 2.54. The molecule has 0 aromatic heterocycles. The smallest absolute Gasteiger partial charge is 0.161 e. The van der Waals surface area contributed by atoms with E-state index in [2.05, 4.69) is 11.8 Å². The summed E-state index contributed by atoms with van der Waals surface area (Å²) in [5, 5.41) is 10.6. The van der Waals surface area contributed by atoms with Gasteiger partial charge in [-0.2, -0.15) is 0 Å². The van der Waals surface area contributed by atoms with Crippen molar-refractivity contribution in [3.05, 3.63) is 23.8 Å². The second-order valence-electron chi connectivity index (χ2n) is 6.19. The number of fused-ring (bicyclic) bond motifs is 1. The van der Waals surface area contributed by atoms with E-state index in [0.717, 1.165) is 36.7 Å². The first kappa shape index (κ1) is 14.7. The Balaban J connectivity index is 1.64. The molecule has 2 aliphatic heterocycles. The molecular weight excluding hydrogens is 266 g/mol. The maximum Gasteiger partial charge on any atom is 0.161 e. The van der Waals surface area contributed by atoms with Gasteiger partial charge in [0.05, 0.1) is 6.10 Å². The average molecular weight is 291 g/mol. The first-order valence-electron chi connectivity index (χ1n) is 8.04. The summed E-state index contributed by atoms with van der Waals surface area (Å²) in [4.78, 5) is 2.47. The van der Waals surface area contributed by atoms with Crippen LogP contribution in [-0.2, 0) is 0 Å². The van der Waals surface area contributed by atoms with Gasteiger partial charge in [-0.15, -0.1) is 0 Å². The Morgan fingerprint density at radius 2 is 1.81 bits per heavy atom. The summed E-state index contributed by atoms with van der Waals surface area (Å²) in [5.41, 5.74) is 0.920. The first-order valence-corrected chi connectivity index (χ1v) is 8.04. The van der Waals surface area contributed by atoms with Gasteiger partial charge in [0.2, 0.25) is 0 Å². The lowest BCUT2D eigenvalue weighted by atomic mass is 9.95. The molecule has 116 valence electrons. The van der Waals surface area contributed by atoms with Crippen LogP contribution in [0.25, 0.3) is 0 Å². The highest BCUT2D eigenvalue weighted by atomic mass is 16.6. The summed E-state index contributed by atoms with van der Waals surface area (Å²) in [7, 11) is 0. The number of nitrogens with zero attached hydrogens (tertiary/aromatic N) is 1. The van der Waals surface area contributed by atoms with Gasteiger partial charge in [0, 0.05) is 6.54 Å². The fourth-order valence-electron chi connectivity index (χ4n) is 3.22. The quantitative estimate of drug-likeness (QED) is 0.926. The summed E-state index contributed by atoms with van der Waals surface area (Å²) in [6, 6.07) is 5.78. The maximum atomic E-state index is 10.6. The molecule has 1 N–H and O–H groups in total. The van der Waals surface area contributed by atoms with Crippen molar-refractivity contribution in [3.63, 3.8) is 0 Å². The third-order valence-corrected chi connectivity index (χ3v) is 4.44. The molecule has 0 spiro atoms. The molecule has 3 rings (SSSR count).